The molecule has 0 heterocycles. The van der Waals surface area contributed by atoms with Gasteiger partial charge in [0.2, 0.25) is 0 Å². The first-order valence-corrected chi connectivity index (χ1v) is 5.63. The molecule has 0 saturated carbocycles. The standard InChI is InChI=1S/C8H10.C7H12/c1-3-5-7-8-6-4-2;1-3-5-7-6-4-2/h1-2H,5-8H2;1H,4-7H2,2H3. The monoisotopic (exact) mass is 202 g/mol. The van der Waals surface area contributed by atoms with Crippen molar-refractivity contribution in [2.24, 2.45) is 0 Å². The molecule has 0 spiro atoms. The van der Waals surface area contributed by atoms with Crippen molar-refractivity contribution in [3.8, 4) is 37.0 Å². The highest BCUT2D eigenvalue weighted by Crippen LogP contribution is 1.96. The molecule has 0 nitrogen and oxygen atoms in total. The van der Waals surface area contributed by atoms with Gasteiger partial charge in [0.1, 0.15) is 0 Å². The van der Waals surface area contributed by atoms with E-state index in [1.165, 1.54) is 19.3 Å². The Morgan fingerprint density at radius 2 is 1.00 bits per heavy atom. The third-order valence-corrected chi connectivity index (χ3v) is 1.82. The van der Waals surface area contributed by atoms with Crippen molar-refractivity contribution < 1.29 is 0 Å². The molecule has 15 heavy (non-hydrogen) atoms. The van der Waals surface area contributed by atoms with Crippen molar-refractivity contribution >= 4 is 0 Å². The number of hydrogen-bond acceptors (Lipinski definition) is 0. The second kappa shape index (κ2) is 18.5. The van der Waals surface area contributed by atoms with Gasteiger partial charge < -0.3 is 0 Å². The minimum Gasteiger partial charge on any atom is -0.120 e. The molecule has 0 aromatic rings. The average molecular weight is 202 g/mol. The lowest BCUT2D eigenvalue weighted by molar-refractivity contribution is 0.737. The number of hydrogen-bond donors (Lipinski definition) is 0. The Labute approximate surface area is 95.9 Å². The second-order valence-electron chi connectivity index (χ2n) is 3.28. The van der Waals surface area contributed by atoms with E-state index in [2.05, 4.69) is 24.7 Å². The molecule has 0 fully saturated rings. The molecule has 0 aromatic heterocycles. The van der Waals surface area contributed by atoms with Gasteiger partial charge in [0.15, 0.2) is 0 Å². The Balaban J connectivity index is 0. The summed E-state index contributed by atoms with van der Waals surface area (Å²) in [4.78, 5) is 0. The summed E-state index contributed by atoms with van der Waals surface area (Å²) in [5, 5.41) is 0. The fourth-order valence-corrected chi connectivity index (χ4v) is 0.931. The third kappa shape index (κ3) is 24.5. The molecule has 0 saturated heterocycles. The molecule has 0 rings (SSSR count). The minimum atomic E-state index is 0.863. The normalized spacial score (nSPS) is 7.60. The summed E-state index contributed by atoms with van der Waals surface area (Å²) in [7, 11) is 0. The number of unbranched alkanes of at least 4 members (excludes halogenated alkanes) is 6. The first kappa shape index (κ1) is 16.1. The maximum absolute atomic E-state index is 5.02. The maximum Gasteiger partial charge on any atom is 0.00863 e. The fourth-order valence-electron chi connectivity index (χ4n) is 0.931. The average Bonchev–Trinajstić information content (AvgIpc) is 2.26. The van der Waals surface area contributed by atoms with Crippen molar-refractivity contribution in [2.75, 3.05) is 0 Å². The zero-order valence-electron chi connectivity index (χ0n) is 9.89. The summed E-state index contributed by atoms with van der Waals surface area (Å²) in [6.45, 7) is 2.18. The van der Waals surface area contributed by atoms with Gasteiger partial charge in [0.25, 0.3) is 0 Å². The third-order valence-electron chi connectivity index (χ3n) is 1.82. The summed E-state index contributed by atoms with van der Waals surface area (Å²) in [6.07, 6.45) is 23.6. The Bertz CT molecular complexity index is 200. The first-order chi connectivity index (χ1) is 7.33. The van der Waals surface area contributed by atoms with Crippen LogP contribution < -0.4 is 0 Å². The Morgan fingerprint density at radius 1 is 0.667 bits per heavy atom. The van der Waals surface area contributed by atoms with Gasteiger partial charge in [-0.05, 0) is 19.3 Å². The molecular weight excluding hydrogens is 180 g/mol. The van der Waals surface area contributed by atoms with E-state index in [4.69, 9.17) is 19.3 Å². The first-order valence-electron chi connectivity index (χ1n) is 5.63. The predicted octanol–water partition coefficient (Wildman–Crippen LogP) is 4.01. The molecule has 0 atom stereocenters. The van der Waals surface area contributed by atoms with Crippen LogP contribution in [-0.2, 0) is 0 Å². The van der Waals surface area contributed by atoms with E-state index >= 15 is 0 Å². The second-order valence-corrected chi connectivity index (χ2v) is 3.28. The minimum absolute atomic E-state index is 0.863. The van der Waals surface area contributed by atoms with Crippen LogP contribution in [0.15, 0.2) is 0 Å². The smallest absolute Gasteiger partial charge is 0.00863 e. The summed E-state index contributed by atoms with van der Waals surface area (Å²) in [6, 6.07) is 0. The van der Waals surface area contributed by atoms with Crippen LogP contribution in [0.5, 0.6) is 0 Å². The zero-order chi connectivity index (χ0) is 11.8. The molecule has 0 radical (unpaired) electrons. The van der Waals surface area contributed by atoms with Gasteiger partial charge in [-0.15, -0.1) is 37.0 Å². The molecule has 0 amide bonds. The molecule has 0 unspecified atom stereocenters. The van der Waals surface area contributed by atoms with E-state index in [1.54, 1.807) is 0 Å². The fraction of sp³-hybridized carbons (Fsp3) is 0.600. The SMILES string of the molecule is C#CCCCCC.C#CCCCCC#C. The lowest BCUT2D eigenvalue weighted by Crippen LogP contribution is -1.70. The molecule has 0 aliphatic rings. The van der Waals surface area contributed by atoms with Gasteiger partial charge >= 0.3 is 0 Å². The summed E-state index contributed by atoms with van der Waals surface area (Å²) in [5.74, 6) is 7.72. The molecule has 0 N–H and O–H groups in total. The van der Waals surface area contributed by atoms with Gasteiger partial charge in [-0.1, -0.05) is 19.8 Å². The number of rotatable bonds is 6. The summed E-state index contributed by atoms with van der Waals surface area (Å²) < 4.78 is 0. The largest absolute Gasteiger partial charge is 0.120 e. The Kier molecular flexibility index (Phi) is 19.8. The predicted molar refractivity (Wildman–Crippen MR) is 69.1 cm³/mol. The van der Waals surface area contributed by atoms with Crippen LogP contribution in [0.1, 0.15) is 58.3 Å². The van der Waals surface area contributed by atoms with Crippen LogP contribution in [0, 0.1) is 37.0 Å². The van der Waals surface area contributed by atoms with E-state index < -0.39 is 0 Å². The van der Waals surface area contributed by atoms with Gasteiger partial charge in [0.05, 0.1) is 0 Å². The maximum atomic E-state index is 5.02. The zero-order valence-corrected chi connectivity index (χ0v) is 9.89. The highest BCUT2D eigenvalue weighted by Gasteiger charge is 1.80. The van der Waals surface area contributed by atoms with E-state index in [9.17, 15) is 0 Å². The van der Waals surface area contributed by atoms with E-state index in [0.29, 0.717) is 0 Å². The van der Waals surface area contributed by atoms with Crippen molar-refractivity contribution in [2.45, 2.75) is 58.3 Å². The van der Waals surface area contributed by atoms with Crippen LogP contribution in [0.4, 0.5) is 0 Å². The summed E-state index contributed by atoms with van der Waals surface area (Å²) >= 11 is 0. The van der Waals surface area contributed by atoms with E-state index in [0.717, 1.165) is 32.1 Å². The number of terminal acetylenes is 3. The molecule has 0 heteroatoms. The lowest BCUT2D eigenvalue weighted by Gasteiger charge is -1.86. The van der Waals surface area contributed by atoms with Crippen LogP contribution in [-0.4, -0.2) is 0 Å². The Morgan fingerprint density at radius 3 is 1.27 bits per heavy atom. The van der Waals surface area contributed by atoms with Crippen molar-refractivity contribution in [1.82, 2.24) is 0 Å². The highest BCUT2D eigenvalue weighted by atomic mass is 13.8. The van der Waals surface area contributed by atoms with Gasteiger partial charge in [-0.3, -0.25) is 0 Å². The van der Waals surface area contributed by atoms with E-state index in [1.807, 2.05) is 0 Å². The van der Waals surface area contributed by atoms with Crippen LogP contribution in [0.25, 0.3) is 0 Å². The molecule has 0 aliphatic carbocycles. The van der Waals surface area contributed by atoms with Gasteiger partial charge in [-0.2, -0.15) is 0 Å². The molecule has 0 aromatic carbocycles. The molecule has 82 valence electrons. The molecule has 0 bridgehead atoms. The Hall–Kier alpha value is -1.32. The van der Waals surface area contributed by atoms with E-state index in [-0.39, 0.29) is 0 Å². The van der Waals surface area contributed by atoms with Crippen LogP contribution >= 0.6 is 0 Å². The van der Waals surface area contributed by atoms with Crippen molar-refractivity contribution in [1.29, 1.82) is 0 Å². The van der Waals surface area contributed by atoms with Crippen molar-refractivity contribution in [3.05, 3.63) is 0 Å². The van der Waals surface area contributed by atoms with Crippen LogP contribution in [0.3, 0.4) is 0 Å². The van der Waals surface area contributed by atoms with Crippen molar-refractivity contribution in [3.63, 3.8) is 0 Å². The highest BCUT2D eigenvalue weighted by molar-refractivity contribution is 4.86. The quantitative estimate of drug-likeness (QED) is 0.451. The van der Waals surface area contributed by atoms with Crippen LogP contribution in [0.2, 0.25) is 0 Å². The lowest BCUT2D eigenvalue weighted by atomic mass is 10.2. The topological polar surface area (TPSA) is 0 Å². The molecular formula is C15H22. The summed E-state index contributed by atoms with van der Waals surface area (Å²) in [5.41, 5.74) is 0. The van der Waals surface area contributed by atoms with Gasteiger partial charge in [0, 0.05) is 19.3 Å². The molecule has 0 aliphatic heterocycles. The van der Waals surface area contributed by atoms with Gasteiger partial charge in [-0.25, -0.2) is 0 Å².